The number of thioether (sulfide) groups is 1. The zero-order valence-electron chi connectivity index (χ0n) is 13.6. The van der Waals surface area contributed by atoms with Gasteiger partial charge in [0, 0.05) is 17.6 Å². The average molecular weight is 366 g/mol. The first-order valence-electron chi connectivity index (χ1n) is 8.15. The Morgan fingerprint density at radius 2 is 2.12 bits per heavy atom. The van der Waals surface area contributed by atoms with Gasteiger partial charge in [-0.05, 0) is 60.4 Å². The zero-order chi connectivity index (χ0) is 16.9. The molecule has 0 unspecified atom stereocenters. The molecule has 6 nitrogen and oxygen atoms in total. The number of hydrogen-bond donors (Lipinski definition) is 0. The summed E-state index contributed by atoms with van der Waals surface area (Å²) in [5.74, 6) is 0.516. The lowest BCUT2D eigenvalue weighted by atomic mass is 10.0. The summed E-state index contributed by atoms with van der Waals surface area (Å²) >= 11 is 7.28. The molecule has 1 saturated heterocycles. The van der Waals surface area contributed by atoms with Gasteiger partial charge < -0.3 is 4.90 Å². The number of benzene rings is 1. The van der Waals surface area contributed by atoms with Crippen molar-refractivity contribution in [2.24, 2.45) is 0 Å². The number of aromatic nitrogens is 4. The first-order chi connectivity index (χ1) is 11.7. The van der Waals surface area contributed by atoms with Gasteiger partial charge >= 0.3 is 0 Å². The van der Waals surface area contributed by atoms with E-state index in [2.05, 4.69) is 22.4 Å². The fourth-order valence-electron chi connectivity index (χ4n) is 2.98. The van der Waals surface area contributed by atoms with Gasteiger partial charge in [0.1, 0.15) is 0 Å². The Hall–Kier alpha value is -1.60. The summed E-state index contributed by atoms with van der Waals surface area (Å²) in [6.07, 6.45) is 4.42. The molecule has 2 aromatic rings. The molecule has 1 aliphatic heterocycles. The van der Waals surface area contributed by atoms with E-state index in [4.69, 9.17) is 11.6 Å². The molecular formula is C16H20ClN5OS. The van der Waals surface area contributed by atoms with Crippen LogP contribution in [-0.2, 0) is 4.79 Å². The molecule has 3 rings (SSSR count). The first kappa shape index (κ1) is 17.2. The second-order valence-corrected chi connectivity index (χ2v) is 7.16. The Balaban J connectivity index is 1.66. The summed E-state index contributed by atoms with van der Waals surface area (Å²) in [4.78, 5) is 14.6. The van der Waals surface area contributed by atoms with E-state index < -0.39 is 0 Å². The van der Waals surface area contributed by atoms with E-state index in [0.29, 0.717) is 22.0 Å². The van der Waals surface area contributed by atoms with Crippen LogP contribution in [0.1, 0.15) is 32.6 Å². The van der Waals surface area contributed by atoms with Crippen molar-refractivity contribution >= 4 is 29.3 Å². The minimum absolute atomic E-state index is 0.164. The van der Waals surface area contributed by atoms with Crippen LogP contribution in [0.4, 0.5) is 0 Å². The molecule has 1 aromatic carbocycles. The number of carbonyl (C=O) groups excluding carboxylic acids is 1. The van der Waals surface area contributed by atoms with Gasteiger partial charge in [0.15, 0.2) is 0 Å². The number of amides is 1. The molecule has 0 spiro atoms. The standard InChI is InChI=1S/C16H20ClN5OS/c1-2-13-5-3-4-10-21(13)15(23)11-24-16-18-19-20-22(16)14-8-6-12(17)7-9-14/h6-9,13H,2-5,10-11H2,1H3/t13-/m1/s1. The molecule has 0 radical (unpaired) electrons. The maximum Gasteiger partial charge on any atom is 0.233 e. The van der Waals surface area contributed by atoms with E-state index in [1.54, 1.807) is 16.8 Å². The number of carbonyl (C=O) groups is 1. The summed E-state index contributed by atoms with van der Waals surface area (Å²) < 4.78 is 1.63. The van der Waals surface area contributed by atoms with Crippen molar-refractivity contribution in [2.75, 3.05) is 12.3 Å². The molecule has 1 fully saturated rings. The van der Waals surface area contributed by atoms with Crippen molar-refractivity contribution in [1.82, 2.24) is 25.1 Å². The fraction of sp³-hybridized carbons (Fsp3) is 0.500. The second kappa shape index (κ2) is 7.98. The third kappa shape index (κ3) is 3.89. The molecule has 1 aliphatic rings. The lowest BCUT2D eigenvalue weighted by Gasteiger charge is -2.35. The van der Waals surface area contributed by atoms with Crippen molar-refractivity contribution in [3.8, 4) is 5.69 Å². The number of likely N-dealkylation sites (tertiary alicyclic amines) is 1. The molecule has 0 aliphatic carbocycles. The van der Waals surface area contributed by atoms with Crippen molar-refractivity contribution in [2.45, 2.75) is 43.8 Å². The number of rotatable bonds is 5. The highest BCUT2D eigenvalue weighted by molar-refractivity contribution is 7.99. The molecule has 1 amide bonds. The van der Waals surface area contributed by atoms with Crippen LogP contribution in [0, 0.1) is 0 Å². The number of piperidine rings is 1. The largest absolute Gasteiger partial charge is 0.339 e. The summed E-state index contributed by atoms with van der Waals surface area (Å²) in [6, 6.07) is 7.65. The van der Waals surface area contributed by atoms with Crippen LogP contribution < -0.4 is 0 Å². The molecule has 8 heteroatoms. The lowest BCUT2D eigenvalue weighted by molar-refractivity contribution is -0.132. The van der Waals surface area contributed by atoms with Gasteiger partial charge in [-0.15, -0.1) is 5.10 Å². The van der Waals surface area contributed by atoms with Gasteiger partial charge in [-0.1, -0.05) is 30.3 Å². The third-order valence-corrected chi connectivity index (χ3v) is 5.41. The van der Waals surface area contributed by atoms with Crippen LogP contribution in [0.15, 0.2) is 29.4 Å². The van der Waals surface area contributed by atoms with Crippen molar-refractivity contribution in [3.63, 3.8) is 0 Å². The van der Waals surface area contributed by atoms with Crippen LogP contribution in [-0.4, -0.2) is 49.4 Å². The normalized spacial score (nSPS) is 17.9. The molecule has 128 valence electrons. The van der Waals surface area contributed by atoms with Gasteiger partial charge in [-0.3, -0.25) is 4.79 Å². The fourth-order valence-corrected chi connectivity index (χ4v) is 3.88. The number of halogens is 1. The molecule has 0 N–H and O–H groups in total. The Labute approximate surface area is 150 Å². The van der Waals surface area contributed by atoms with Crippen molar-refractivity contribution < 1.29 is 4.79 Å². The van der Waals surface area contributed by atoms with Gasteiger partial charge in [0.25, 0.3) is 0 Å². The SMILES string of the molecule is CC[C@@H]1CCCCN1C(=O)CSc1nnnn1-c1ccc(Cl)cc1. The van der Waals surface area contributed by atoms with Crippen LogP contribution in [0.2, 0.25) is 5.02 Å². The topological polar surface area (TPSA) is 63.9 Å². The minimum Gasteiger partial charge on any atom is -0.339 e. The lowest BCUT2D eigenvalue weighted by Crippen LogP contribution is -2.44. The average Bonchev–Trinajstić information content (AvgIpc) is 3.08. The Morgan fingerprint density at radius 1 is 1.33 bits per heavy atom. The van der Waals surface area contributed by atoms with E-state index in [-0.39, 0.29) is 5.91 Å². The minimum atomic E-state index is 0.164. The Bertz CT molecular complexity index is 690. The van der Waals surface area contributed by atoms with E-state index >= 15 is 0 Å². The molecular weight excluding hydrogens is 346 g/mol. The maximum absolute atomic E-state index is 12.6. The maximum atomic E-state index is 12.6. The van der Waals surface area contributed by atoms with Crippen LogP contribution in [0.25, 0.3) is 5.69 Å². The molecule has 1 atom stereocenters. The predicted molar refractivity (Wildman–Crippen MR) is 94.5 cm³/mol. The van der Waals surface area contributed by atoms with Crippen molar-refractivity contribution in [3.05, 3.63) is 29.3 Å². The highest BCUT2D eigenvalue weighted by Gasteiger charge is 2.25. The summed E-state index contributed by atoms with van der Waals surface area (Å²) in [5, 5.41) is 13.0. The highest BCUT2D eigenvalue weighted by atomic mass is 35.5. The molecule has 1 aromatic heterocycles. The van der Waals surface area contributed by atoms with Gasteiger partial charge in [-0.25, -0.2) is 0 Å². The van der Waals surface area contributed by atoms with E-state index in [0.717, 1.165) is 31.5 Å². The molecule has 0 bridgehead atoms. The first-order valence-corrected chi connectivity index (χ1v) is 9.52. The number of hydrogen-bond acceptors (Lipinski definition) is 5. The number of nitrogens with zero attached hydrogens (tertiary/aromatic N) is 5. The smallest absolute Gasteiger partial charge is 0.233 e. The second-order valence-electron chi connectivity index (χ2n) is 5.78. The molecule has 24 heavy (non-hydrogen) atoms. The zero-order valence-corrected chi connectivity index (χ0v) is 15.1. The van der Waals surface area contributed by atoms with E-state index in [1.807, 2.05) is 17.0 Å². The highest BCUT2D eigenvalue weighted by Crippen LogP contribution is 2.23. The summed E-state index contributed by atoms with van der Waals surface area (Å²) in [6.45, 7) is 3.00. The van der Waals surface area contributed by atoms with Crippen LogP contribution >= 0.6 is 23.4 Å². The molecule has 2 heterocycles. The quantitative estimate of drug-likeness (QED) is 0.761. The predicted octanol–water partition coefficient (Wildman–Crippen LogP) is 3.20. The van der Waals surface area contributed by atoms with Crippen molar-refractivity contribution in [1.29, 1.82) is 0 Å². The van der Waals surface area contributed by atoms with E-state index in [9.17, 15) is 4.79 Å². The summed E-state index contributed by atoms with van der Waals surface area (Å²) in [7, 11) is 0. The Morgan fingerprint density at radius 3 is 2.88 bits per heavy atom. The number of tetrazole rings is 1. The van der Waals surface area contributed by atoms with Gasteiger partial charge in [0.2, 0.25) is 11.1 Å². The third-order valence-electron chi connectivity index (χ3n) is 4.26. The Kier molecular flexibility index (Phi) is 5.73. The van der Waals surface area contributed by atoms with Gasteiger partial charge in [0.05, 0.1) is 11.4 Å². The van der Waals surface area contributed by atoms with E-state index in [1.165, 1.54) is 18.2 Å². The van der Waals surface area contributed by atoms with Gasteiger partial charge in [-0.2, -0.15) is 4.68 Å². The molecule has 0 saturated carbocycles. The summed E-state index contributed by atoms with van der Waals surface area (Å²) in [5.41, 5.74) is 0.823. The van der Waals surface area contributed by atoms with Crippen LogP contribution in [0.3, 0.4) is 0 Å². The monoisotopic (exact) mass is 365 g/mol. The van der Waals surface area contributed by atoms with Crippen LogP contribution in [0.5, 0.6) is 0 Å².